The summed E-state index contributed by atoms with van der Waals surface area (Å²) in [5, 5.41) is 0. The van der Waals surface area contributed by atoms with Gasteiger partial charge in [-0.1, -0.05) is 6.92 Å². The van der Waals surface area contributed by atoms with E-state index in [0.29, 0.717) is 11.6 Å². The van der Waals surface area contributed by atoms with Gasteiger partial charge in [-0.15, -0.1) is 0 Å². The van der Waals surface area contributed by atoms with E-state index in [9.17, 15) is 9.59 Å². The number of carbonyl (C=O) groups excluding carboxylic acids is 1. The Morgan fingerprint density at radius 3 is 2.74 bits per heavy atom. The van der Waals surface area contributed by atoms with Gasteiger partial charge in [-0.3, -0.25) is 14.0 Å². The minimum atomic E-state index is -0.239. The van der Waals surface area contributed by atoms with Crippen LogP contribution in [0.3, 0.4) is 0 Å². The number of hydrogen-bond acceptors (Lipinski definition) is 4. The Bertz CT molecular complexity index is 1090. The Morgan fingerprint density at radius 2 is 2.07 bits per heavy atom. The zero-order valence-electron chi connectivity index (χ0n) is 16.2. The molecule has 7 heteroatoms. The molecule has 0 bridgehead atoms. The van der Waals surface area contributed by atoms with E-state index in [-0.39, 0.29) is 17.1 Å². The predicted octanol–water partition coefficient (Wildman–Crippen LogP) is 2.78. The van der Waals surface area contributed by atoms with Crippen LogP contribution in [0, 0.1) is 19.8 Å². The molecule has 3 aromatic rings. The number of carbonyl (C=O) groups is 1. The van der Waals surface area contributed by atoms with Crippen LogP contribution in [-0.2, 0) is 7.05 Å². The minimum absolute atomic E-state index is 0.107. The maximum absolute atomic E-state index is 12.8. The lowest BCUT2D eigenvalue weighted by Crippen LogP contribution is -2.39. The van der Waals surface area contributed by atoms with Crippen molar-refractivity contribution in [3.8, 4) is 11.3 Å². The number of fused-ring (bicyclic) bond motifs is 1. The van der Waals surface area contributed by atoms with Crippen molar-refractivity contribution in [1.82, 2.24) is 18.9 Å². The van der Waals surface area contributed by atoms with Gasteiger partial charge in [0.1, 0.15) is 17.2 Å². The summed E-state index contributed by atoms with van der Waals surface area (Å²) in [6.45, 7) is 7.38. The summed E-state index contributed by atoms with van der Waals surface area (Å²) in [7, 11) is 1.71. The molecule has 1 fully saturated rings. The molecule has 1 atom stereocenters. The molecule has 0 N–H and O–H groups in total. The fourth-order valence-electron chi connectivity index (χ4n) is 3.90. The number of nitrogens with zero attached hydrogens (tertiary/aromatic N) is 4. The molecule has 0 radical (unpaired) electrons. The fourth-order valence-corrected chi connectivity index (χ4v) is 3.90. The second-order valence-electron chi connectivity index (χ2n) is 7.56. The highest BCUT2D eigenvalue weighted by atomic mass is 16.3. The number of hydrogen-bond donors (Lipinski definition) is 0. The van der Waals surface area contributed by atoms with Crippen LogP contribution in [0.15, 0.2) is 27.7 Å². The standard InChI is InChI=1S/C20H24N4O3/c1-12-6-5-7-23(9-12)19(25)16-10-24-11-17(15-8-13(2)27-14(15)3)22(4)20(26)18(24)21-16/h8,10-12H,5-7,9H2,1-4H3/t12-/m1/s1. The SMILES string of the molecule is Cc1cc(-c2cn3cc(C(=O)N4CCC[C@@H](C)C4)nc3c(=O)n2C)c(C)o1. The molecule has 4 heterocycles. The van der Waals surface area contributed by atoms with Crippen LogP contribution in [0.4, 0.5) is 0 Å². The van der Waals surface area contributed by atoms with Crippen LogP contribution in [0.1, 0.15) is 41.8 Å². The van der Waals surface area contributed by atoms with Crippen LogP contribution in [0.2, 0.25) is 0 Å². The van der Waals surface area contributed by atoms with Crippen molar-refractivity contribution in [3.63, 3.8) is 0 Å². The first-order valence-corrected chi connectivity index (χ1v) is 9.30. The smallest absolute Gasteiger partial charge is 0.294 e. The monoisotopic (exact) mass is 368 g/mol. The summed E-state index contributed by atoms with van der Waals surface area (Å²) in [6.07, 6.45) is 5.63. The normalized spacial score (nSPS) is 17.6. The first kappa shape index (κ1) is 17.6. The Morgan fingerprint density at radius 1 is 1.30 bits per heavy atom. The van der Waals surface area contributed by atoms with E-state index in [1.165, 1.54) is 0 Å². The maximum Gasteiger partial charge on any atom is 0.294 e. The lowest BCUT2D eigenvalue weighted by molar-refractivity contribution is 0.0678. The van der Waals surface area contributed by atoms with Crippen molar-refractivity contribution < 1.29 is 9.21 Å². The largest absolute Gasteiger partial charge is 0.466 e. The highest BCUT2D eigenvalue weighted by molar-refractivity contribution is 5.93. The minimum Gasteiger partial charge on any atom is -0.466 e. The number of furan rings is 1. The molecule has 0 aromatic carbocycles. The second-order valence-corrected chi connectivity index (χ2v) is 7.56. The zero-order chi connectivity index (χ0) is 19.3. The van der Waals surface area contributed by atoms with E-state index in [2.05, 4.69) is 11.9 Å². The molecule has 1 amide bonds. The van der Waals surface area contributed by atoms with Gasteiger partial charge in [0, 0.05) is 38.1 Å². The number of aryl methyl sites for hydroxylation is 2. The third-order valence-corrected chi connectivity index (χ3v) is 5.33. The molecule has 3 aromatic heterocycles. The van der Waals surface area contributed by atoms with E-state index in [0.717, 1.165) is 48.7 Å². The molecular weight excluding hydrogens is 344 g/mol. The Balaban J connectivity index is 1.79. The van der Waals surface area contributed by atoms with Gasteiger partial charge >= 0.3 is 0 Å². The Kier molecular flexibility index (Phi) is 4.17. The van der Waals surface area contributed by atoms with E-state index in [1.807, 2.05) is 31.0 Å². The second kappa shape index (κ2) is 6.40. The number of amides is 1. The van der Waals surface area contributed by atoms with Crippen molar-refractivity contribution in [1.29, 1.82) is 0 Å². The summed E-state index contributed by atoms with van der Waals surface area (Å²) >= 11 is 0. The fraction of sp³-hybridized carbons (Fsp3) is 0.450. The summed E-state index contributed by atoms with van der Waals surface area (Å²) in [4.78, 5) is 31.9. The molecular formula is C20H24N4O3. The molecule has 1 saturated heterocycles. The van der Waals surface area contributed by atoms with Crippen LogP contribution >= 0.6 is 0 Å². The average molecular weight is 368 g/mol. The average Bonchev–Trinajstić information content (AvgIpc) is 3.20. The van der Waals surface area contributed by atoms with Crippen LogP contribution < -0.4 is 5.56 Å². The topological polar surface area (TPSA) is 72.8 Å². The zero-order valence-corrected chi connectivity index (χ0v) is 16.2. The molecule has 0 unspecified atom stereocenters. The molecule has 0 aliphatic carbocycles. The third kappa shape index (κ3) is 2.97. The summed E-state index contributed by atoms with van der Waals surface area (Å²) in [5.74, 6) is 1.92. The van der Waals surface area contributed by atoms with Crippen molar-refractivity contribution in [3.05, 3.63) is 46.0 Å². The Labute approximate surface area is 157 Å². The first-order valence-electron chi connectivity index (χ1n) is 9.30. The third-order valence-electron chi connectivity index (χ3n) is 5.33. The molecule has 7 nitrogen and oxygen atoms in total. The molecule has 142 valence electrons. The molecule has 0 spiro atoms. The molecule has 27 heavy (non-hydrogen) atoms. The van der Waals surface area contributed by atoms with Gasteiger partial charge in [-0.25, -0.2) is 4.98 Å². The first-order chi connectivity index (χ1) is 12.8. The quantitative estimate of drug-likeness (QED) is 0.697. The lowest BCUT2D eigenvalue weighted by Gasteiger charge is -2.30. The van der Waals surface area contributed by atoms with Gasteiger partial charge in [-0.05, 0) is 38.7 Å². The molecule has 4 rings (SSSR count). The van der Waals surface area contributed by atoms with Crippen molar-refractivity contribution in [2.45, 2.75) is 33.6 Å². The lowest BCUT2D eigenvalue weighted by atomic mass is 10.0. The molecule has 1 aliphatic heterocycles. The highest BCUT2D eigenvalue weighted by Crippen LogP contribution is 2.26. The number of likely N-dealkylation sites (tertiary alicyclic amines) is 1. The summed E-state index contributed by atoms with van der Waals surface area (Å²) < 4.78 is 8.81. The molecule has 0 saturated carbocycles. The van der Waals surface area contributed by atoms with Gasteiger partial charge in [0.05, 0.1) is 5.69 Å². The van der Waals surface area contributed by atoms with Crippen LogP contribution in [0.25, 0.3) is 16.9 Å². The van der Waals surface area contributed by atoms with Crippen LogP contribution in [-0.4, -0.2) is 37.8 Å². The number of rotatable bonds is 2. The van der Waals surface area contributed by atoms with Gasteiger partial charge in [-0.2, -0.15) is 0 Å². The van der Waals surface area contributed by atoms with E-state index in [4.69, 9.17) is 4.42 Å². The van der Waals surface area contributed by atoms with Gasteiger partial charge < -0.3 is 13.9 Å². The number of imidazole rings is 1. The van der Waals surface area contributed by atoms with Gasteiger partial charge in [0.25, 0.3) is 11.5 Å². The van der Waals surface area contributed by atoms with Gasteiger partial charge in [0.15, 0.2) is 0 Å². The van der Waals surface area contributed by atoms with E-state index < -0.39 is 0 Å². The number of aromatic nitrogens is 3. The predicted molar refractivity (Wildman–Crippen MR) is 102 cm³/mol. The van der Waals surface area contributed by atoms with Crippen molar-refractivity contribution >= 4 is 11.6 Å². The van der Waals surface area contributed by atoms with Crippen molar-refractivity contribution in [2.24, 2.45) is 13.0 Å². The van der Waals surface area contributed by atoms with E-state index in [1.54, 1.807) is 22.2 Å². The molecule has 1 aliphatic rings. The summed E-state index contributed by atoms with van der Waals surface area (Å²) in [5.41, 5.74) is 1.92. The van der Waals surface area contributed by atoms with E-state index >= 15 is 0 Å². The summed E-state index contributed by atoms with van der Waals surface area (Å²) in [6, 6.07) is 1.91. The Hall–Kier alpha value is -2.83. The van der Waals surface area contributed by atoms with Gasteiger partial charge in [0.2, 0.25) is 5.65 Å². The van der Waals surface area contributed by atoms with Crippen molar-refractivity contribution in [2.75, 3.05) is 13.1 Å². The number of piperidine rings is 1. The van der Waals surface area contributed by atoms with Crippen LogP contribution in [0.5, 0.6) is 0 Å². The highest BCUT2D eigenvalue weighted by Gasteiger charge is 2.25. The maximum atomic E-state index is 12.8.